The van der Waals surface area contributed by atoms with Crippen LogP contribution in [-0.2, 0) is 4.79 Å². The van der Waals surface area contributed by atoms with E-state index in [0.717, 1.165) is 19.6 Å². The van der Waals surface area contributed by atoms with Crippen LogP contribution in [0.5, 0.6) is 0 Å². The van der Waals surface area contributed by atoms with Crippen molar-refractivity contribution in [3.63, 3.8) is 0 Å². The Morgan fingerprint density at radius 3 is 1.83 bits per heavy atom. The number of hydrogen-bond donors (Lipinski definition) is 1. The molecule has 0 aromatic heterocycles. The highest BCUT2D eigenvalue weighted by atomic mass is 16.2. The molecule has 3 heteroatoms. The van der Waals surface area contributed by atoms with Gasteiger partial charge in [0.25, 0.3) is 5.91 Å². The Balaban J connectivity index is 5.06. The monoisotopic (exact) mass is 249 g/mol. The lowest BCUT2D eigenvalue weighted by atomic mass is 10.2. The second kappa shape index (κ2) is 7.67. The van der Waals surface area contributed by atoms with Gasteiger partial charge in [0.05, 0.1) is 19.6 Å². The maximum absolute atomic E-state index is 11.7. The third-order valence-corrected chi connectivity index (χ3v) is 3.03. The van der Waals surface area contributed by atoms with Crippen LogP contribution in [-0.4, -0.2) is 36.2 Å². The second-order valence-corrected chi connectivity index (χ2v) is 4.56. The number of rotatable bonds is 9. The van der Waals surface area contributed by atoms with E-state index in [1.165, 1.54) is 0 Å². The van der Waals surface area contributed by atoms with Crippen LogP contribution in [0.4, 0.5) is 0 Å². The van der Waals surface area contributed by atoms with Gasteiger partial charge in [0.1, 0.15) is 0 Å². The summed E-state index contributed by atoms with van der Waals surface area (Å²) < 4.78 is 0.634. The fourth-order valence-electron chi connectivity index (χ4n) is 1.92. The maximum Gasteiger partial charge on any atom is 0.250 e. The third kappa shape index (κ3) is 4.34. The molecular weight excluding hydrogens is 224 g/mol. The Kier molecular flexibility index (Phi) is 6.98. The van der Waals surface area contributed by atoms with Crippen molar-refractivity contribution < 1.29 is 9.28 Å². The van der Waals surface area contributed by atoms with Crippen molar-refractivity contribution in [3.05, 3.63) is 50.1 Å². The molecule has 0 aliphatic heterocycles. The molecule has 1 unspecified atom stereocenters. The highest BCUT2D eigenvalue weighted by Gasteiger charge is 2.31. The molecule has 18 heavy (non-hydrogen) atoms. The number of hydrogen-bond acceptors (Lipinski definition) is 1. The molecule has 0 spiro atoms. The van der Waals surface area contributed by atoms with Crippen molar-refractivity contribution in [2.24, 2.45) is 0 Å². The van der Waals surface area contributed by atoms with E-state index >= 15 is 0 Å². The first kappa shape index (κ1) is 16.4. The van der Waals surface area contributed by atoms with E-state index in [1.807, 2.05) is 25.2 Å². The van der Waals surface area contributed by atoms with Gasteiger partial charge in [-0.25, -0.2) is 0 Å². The van der Waals surface area contributed by atoms with Gasteiger partial charge in [-0.05, 0) is 25.2 Å². The van der Waals surface area contributed by atoms with Crippen LogP contribution in [0.25, 0.3) is 0 Å². The van der Waals surface area contributed by atoms with Gasteiger partial charge in [-0.3, -0.25) is 9.28 Å². The van der Waals surface area contributed by atoms with Crippen LogP contribution < -0.4 is 5.32 Å². The molecule has 0 aliphatic rings. The number of carbonyl (C=O) groups is 1. The molecule has 3 nitrogen and oxygen atoms in total. The normalized spacial score (nSPS) is 12.3. The zero-order valence-electron chi connectivity index (χ0n) is 11.6. The van der Waals surface area contributed by atoms with E-state index in [1.54, 1.807) is 6.92 Å². The molecule has 1 atom stereocenters. The Hall–Kier alpha value is -1.61. The summed E-state index contributed by atoms with van der Waals surface area (Å²) in [7, 11) is 0. The Morgan fingerprint density at radius 1 is 1.17 bits per heavy atom. The minimum Gasteiger partial charge on any atom is -0.303 e. The molecule has 0 saturated carbocycles. The zero-order chi connectivity index (χ0) is 14.2. The highest BCUT2D eigenvalue weighted by molar-refractivity contribution is 5.92. The molecule has 1 N–H and O–H groups in total. The molecule has 0 saturated heterocycles. The molecule has 0 fully saturated rings. The lowest BCUT2D eigenvalue weighted by molar-refractivity contribution is -0.936. The quantitative estimate of drug-likeness (QED) is 0.289. The summed E-state index contributed by atoms with van der Waals surface area (Å²) in [4.78, 5) is 11.7. The molecule has 0 radical (unpaired) electrons. The number of nitrogens with zero attached hydrogens (tertiary/aromatic N) is 1. The van der Waals surface area contributed by atoms with Gasteiger partial charge in [0.2, 0.25) is 0 Å². The molecule has 0 aromatic rings. The van der Waals surface area contributed by atoms with Crippen molar-refractivity contribution in [2.75, 3.05) is 19.6 Å². The van der Waals surface area contributed by atoms with Crippen LogP contribution in [0.3, 0.4) is 0 Å². The average molecular weight is 249 g/mol. The summed E-state index contributed by atoms with van der Waals surface area (Å²) in [5, 5.41) is 2.97. The Labute approximate surface area is 111 Å². The topological polar surface area (TPSA) is 29.1 Å². The van der Waals surface area contributed by atoms with E-state index in [-0.39, 0.29) is 12.1 Å². The van der Waals surface area contributed by atoms with E-state index in [9.17, 15) is 4.79 Å². The average Bonchev–Trinajstić information content (AvgIpc) is 2.29. The Morgan fingerprint density at radius 2 is 1.56 bits per heavy atom. The van der Waals surface area contributed by atoms with Gasteiger partial charge in [0.15, 0.2) is 6.17 Å². The number of nitrogens with one attached hydrogen (secondary N) is 1. The van der Waals surface area contributed by atoms with Crippen LogP contribution >= 0.6 is 0 Å². The molecular formula is C15H25N2O+. The molecule has 100 valence electrons. The molecule has 0 aliphatic carbocycles. The van der Waals surface area contributed by atoms with E-state index < -0.39 is 0 Å². The van der Waals surface area contributed by atoms with E-state index in [0.29, 0.717) is 10.1 Å². The third-order valence-electron chi connectivity index (χ3n) is 3.03. The minimum absolute atomic E-state index is 0.0526. The van der Waals surface area contributed by atoms with Gasteiger partial charge in [-0.1, -0.05) is 26.3 Å². The van der Waals surface area contributed by atoms with Crippen molar-refractivity contribution in [3.8, 4) is 0 Å². The van der Waals surface area contributed by atoms with Crippen molar-refractivity contribution >= 4 is 5.91 Å². The second-order valence-electron chi connectivity index (χ2n) is 4.56. The largest absolute Gasteiger partial charge is 0.303 e. The predicted molar refractivity (Wildman–Crippen MR) is 77.9 cm³/mol. The van der Waals surface area contributed by atoms with Crippen molar-refractivity contribution in [1.82, 2.24) is 5.32 Å². The first-order valence-corrected chi connectivity index (χ1v) is 6.08. The number of carbonyl (C=O) groups excluding carboxylic acids is 1. The smallest absolute Gasteiger partial charge is 0.250 e. The van der Waals surface area contributed by atoms with Crippen LogP contribution in [0, 0.1) is 0 Å². The van der Waals surface area contributed by atoms with E-state index in [2.05, 4.69) is 31.6 Å². The van der Waals surface area contributed by atoms with Gasteiger partial charge in [-0.2, -0.15) is 0 Å². The highest BCUT2D eigenvalue weighted by Crippen LogP contribution is 2.13. The lowest BCUT2D eigenvalue weighted by Gasteiger charge is -2.41. The molecule has 1 amide bonds. The SMILES string of the molecule is C=CC[N+](CC=C)(CC=C)C(C)NC(=O)C(=C)C. The fourth-order valence-corrected chi connectivity index (χ4v) is 1.92. The fraction of sp³-hybridized carbons (Fsp3) is 0.400. The molecule has 0 rings (SSSR count). The number of quaternary nitrogens is 1. The first-order chi connectivity index (χ1) is 8.43. The van der Waals surface area contributed by atoms with Crippen LogP contribution in [0.15, 0.2) is 50.1 Å². The van der Waals surface area contributed by atoms with Gasteiger partial charge >= 0.3 is 0 Å². The first-order valence-electron chi connectivity index (χ1n) is 6.08. The summed E-state index contributed by atoms with van der Waals surface area (Å²) in [6, 6.07) is 0. The summed E-state index contributed by atoms with van der Waals surface area (Å²) in [5.74, 6) is -0.123. The zero-order valence-corrected chi connectivity index (χ0v) is 11.6. The number of amides is 1. The summed E-state index contributed by atoms with van der Waals surface area (Å²) in [6.45, 7) is 20.9. The Bertz CT molecular complexity index is 318. The van der Waals surface area contributed by atoms with Crippen molar-refractivity contribution in [1.29, 1.82) is 0 Å². The molecule has 0 aromatic carbocycles. The minimum atomic E-state index is -0.123. The predicted octanol–water partition coefficient (Wildman–Crippen LogP) is 2.40. The van der Waals surface area contributed by atoms with Crippen molar-refractivity contribution in [2.45, 2.75) is 20.0 Å². The van der Waals surface area contributed by atoms with E-state index in [4.69, 9.17) is 0 Å². The maximum atomic E-state index is 11.7. The summed E-state index contributed by atoms with van der Waals surface area (Å²) >= 11 is 0. The van der Waals surface area contributed by atoms with Gasteiger partial charge in [0, 0.05) is 12.5 Å². The standard InChI is InChI=1S/C15H24N2O/c1-7-10-17(11-8-2,12-9-3)14(6)16-15(18)13(4)5/h7-9,14H,1-4,10-12H2,5-6H3/p+1. The lowest BCUT2D eigenvalue weighted by Crippen LogP contribution is -2.61. The summed E-state index contributed by atoms with van der Waals surface area (Å²) in [5.41, 5.74) is 0.510. The van der Waals surface area contributed by atoms with Crippen LogP contribution in [0.1, 0.15) is 13.8 Å². The van der Waals surface area contributed by atoms with Gasteiger partial charge < -0.3 is 5.32 Å². The molecule has 0 heterocycles. The van der Waals surface area contributed by atoms with Crippen LogP contribution in [0.2, 0.25) is 0 Å². The molecule has 0 bridgehead atoms. The summed E-state index contributed by atoms with van der Waals surface area (Å²) in [6.07, 6.45) is 5.52. The van der Waals surface area contributed by atoms with Gasteiger partial charge in [-0.15, -0.1) is 0 Å².